The van der Waals surface area contributed by atoms with E-state index in [1.165, 1.54) is 0 Å². The molecule has 2 N–H and O–H groups in total. The number of methoxy groups -OCH3 is 1. The molecule has 0 fully saturated rings. The number of rotatable bonds is 8. The topological polar surface area (TPSA) is 64.8 Å². The van der Waals surface area contributed by atoms with Crippen LogP contribution in [0.2, 0.25) is 0 Å². The predicted octanol–water partition coefficient (Wildman–Crippen LogP) is 2.11. The second-order valence-electron chi connectivity index (χ2n) is 4.47. The van der Waals surface area contributed by atoms with E-state index < -0.39 is 0 Å². The normalized spacial score (nSPS) is 10.0. The Bertz CT molecular complexity index is 506. The second-order valence-corrected chi connectivity index (χ2v) is 4.91. The molecule has 21 heavy (non-hydrogen) atoms. The van der Waals surface area contributed by atoms with Crippen LogP contribution in [0, 0.1) is 0 Å². The van der Waals surface area contributed by atoms with Crippen LogP contribution in [0.1, 0.15) is 25.8 Å². The van der Waals surface area contributed by atoms with Crippen LogP contribution in [0.3, 0.4) is 0 Å². The molecule has 0 saturated carbocycles. The van der Waals surface area contributed by atoms with Crippen LogP contribution in [0.4, 0.5) is 5.69 Å². The summed E-state index contributed by atoms with van der Waals surface area (Å²) in [6.07, 6.45) is 0.882. The Morgan fingerprint density at radius 3 is 2.62 bits per heavy atom. The van der Waals surface area contributed by atoms with Gasteiger partial charge in [-0.1, -0.05) is 19.1 Å². The van der Waals surface area contributed by atoms with E-state index in [0.717, 1.165) is 17.7 Å². The average molecular weight is 310 g/mol. The van der Waals surface area contributed by atoms with Gasteiger partial charge in [0.25, 0.3) is 0 Å². The van der Waals surface area contributed by atoms with Gasteiger partial charge >= 0.3 is 5.97 Å². The van der Waals surface area contributed by atoms with Gasteiger partial charge in [-0.05, 0) is 25.5 Å². The van der Waals surface area contributed by atoms with Crippen molar-refractivity contribution in [2.24, 2.45) is 5.73 Å². The number of nitrogens with zero attached hydrogens (tertiary/aromatic N) is 1. The minimum absolute atomic E-state index is 0.157. The summed E-state index contributed by atoms with van der Waals surface area (Å²) in [5.41, 5.74) is 7.29. The van der Waals surface area contributed by atoms with E-state index >= 15 is 0 Å². The highest BCUT2D eigenvalue weighted by Crippen LogP contribution is 2.26. The molecule has 5 nitrogen and oxygen atoms in total. The van der Waals surface area contributed by atoms with Gasteiger partial charge in [-0.15, -0.1) is 0 Å². The van der Waals surface area contributed by atoms with Crippen LogP contribution in [0.15, 0.2) is 18.2 Å². The van der Waals surface area contributed by atoms with E-state index in [-0.39, 0.29) is 17.5 Å². The highest BCUT2D eigenvalue weighted by molar-refractivity contribution is 7.80. The van der Waals surface area contributed by atoms with Crippen molar-refractivity contribution < 1.29 is 14.3 Å². The fourth-order valence-electron chi connectivity index (χ4n) is 2.03. The summed E-state index contributed by atoms with van der Waals surface area (Å²) in [4.78, 5) is 14.0. The molecule has 6 heteroatoms. The van der Waals surface area contributed by atoms with Crippen molar-refractivity contribution in [2.75, 3.05) is 31.7 Å². The number of hydrogen-bond acceptors (Lipinski definition) is 5. The van der Waals surface area contributed by atoms with Crippen LogP contribution in [0.5, 0.6) is 5.75 Å². The lowest BCUT2D eigenvalue weighted by molar-refractivity contribution is -0.141. The Morgan fingerprint density at radius 1 is 1.38 bits per heavy atom. The van der Waals surface area contributed by atoms with Crippen molar-refractivity contribution >= 4 is 28.9 Å². The maximum absolute atomic E-state index is 11.8. The fourth-order valence-corrected chi connectivity index (χ4v) is 2.20. The van der Waals surface area contributed by atoms with Crippen molar-refractivity contribution in [3.8, 4) is 5.75 Å². The number of benzene rings is 1. The average Bonchev–Trinajstić information content (AvgIpc) is 2.46. The molecule has 1 aromatic carbocycles. The van der Waals surface area contributed by atoms with Gasteiger partial charge in [0.05, 0.1) is 19.4 Å². The molecule has 1 aromatic rings. The maximum atomic E-state index is 11.8. The smallest absolute Gasteiger partial charge is 0.325 e. The number of anilines is 1. The Morgan fingerprint density at radius 2 is 2.10 bits per heavy atom. The SMILES string of the molecule is CCCN(CC(=O)OCC)c1cc(OC)ccc1C(N)=S. The number of carbonyl (C=O) groups excluding carboxylic acids is 1. The van der Waals surface area contributed by atoms with E-state index in [9.17, 15) is 4.79 Å². The van der Waals surface area contributed by atoms with Gasteiger partial charge in [0, 0.05) is 18.2 Å². The largest absolute Gasteiger partial charge is 0.497 e. The van der Waals surface area contributed by atoms with Crippen LogP contribution in [-0.2, 0) is 9.53 Å². The highest BCUT2D eigenvalue weighted by Gasteiger charge is 2.17. The molecule has 116 valence electrons. The molecule has 0 aromatic heterocycles. The van der Waals surface area contributed by atoms with Gasteiger partial charge in [-0.3, -0.25) is 4.79 Å². The first-order chi connectivity index (χ1) is 10.0. The summed E-state index contributed by atoms with van der Waals surface area (Å²) in [5.74, 6) is 0.414. The zero-order valence-electron chi connectivity index (χ0n) is 12.7. The van der Waals surface area contributed by atoms with E-state index in [2.05, 4.69) is 0 Å². The van der Waals surface area contributed by atoms with Crippen molar-refractivity contribution in [2.45, 2.75) is 20.3 Å². The quantitative estimate of drug-likeness (QED) is 0.586. The first-order valence-electron chi connectivity index (χ1n) is 6.91. The number of carbonyl (C=O) groups is 1. The first kappa shape index (κ1) is 17.2. The summed E-state index contributed by atoms with van der Waals surface area (Å²) in [6.45, 7) is 5.04. The lowest BCUT2D eigenvalue weighted by Crippen LogP contribution is -2.33. The molecule has 0 aliphatic rings. The van der Waals surface area contributed by atoms with Gasteiger partial charge in [-0.25, -0.2) is 0 Å². The monoisotopic (exact) mass is 310 g/mol. The van der Waals surface area contributed by atoms with Crippen LogP contribution >= 0.6 is 12.2 Å². The second kappa shape index (κ2) is 8.46. The number of hydrogen-bond donors (Lipinski definition) is 1. The van der Waals surface area contributed by atoms with Gasteiger partial charge in [-0.2, -0.15) is 0 Å². The fraction of sp³-hybridized carbons (Fsp3) is 0.467. The van der Waals surface area contributed by atoms with Gasteiger partial charge in [0.1, 0.15) is 17.3 Å². The highest BCUT2D eigenvalue weighted by atomic mass is 32.1. The zero-order chi connectivity index (χ0) is 15.8. The van der Waals surface area contributed by atoms with E-state index in [0.29, 0.717) is 18.9 Å². The van der Waals surface area contributed by atoms with E-state index in [1.54, 1.807) is 20.1 Å². The van der Waals surface area contributed by atoms with Crippen LogP contribution in [0.25, 0.3) is 0 Å². The Kier molecular flexibility index (Phi) is 6.94. The molecule has 0 amide bonds. The molecule has 0 heterocycles. The minimum Gasteiger partial charge on any atom is -0.497 e. The zero-order valence-corrected chi connectivity index (χ0v) is 13.5. The molecule has 0 radical (unpaired) electrons. The summed E-state index contributed by atoms with van der Waals surface area (Å²) in [5, 5.41) is 0. The number of thiocarbonyl (C=S) groups is 1. The van der Waals surface area contributed by atoms with Crippen molar-refractivity contribution in [3.63, 3.8) is 0 Å². The Labute approximate surface area is 131 Å². The summed E-state index contributed by atoms with van der Waals surface area (Å²) in [7, 11) is 1.59. The summed E-state index contributed by atoms with van der Waals surface area (Å²) < 4.78 is 10.3. The lowest BCUT2D eigenvalue weighted by Gasteiger charge is -2.26. The molecule has 0 aliphatic carbocycles. The molecular weight excluding hydrogens is 288 g/mol. The summed E-state index contributed by atoms with van der Waals surface area (Å²) >= 11 is 5.09. The van der Waals surface area contributed by atoms with Crippen molar-refractivity contribution in [1.29, 1.82) is 0 Å². The van der Waals surface area contributed by atoms with Crippen molar-refractivity contribution in [1.82, 2.24) is 0 Å². The number of nitrogens with two attached hydrogens (primary N) is 1. The summed E-state index contributed by atoms with van der Waals surface area (Å²) in [6, 6.07) is 5.44. The van der Waals surface area contributed by atoms with Gasteiger partial charge in [0.2, 0.25) is 0 Å². The van der Waals surface area contributed by atoms with Gasteiger partial charge in [0.15, 0.2) is 0 Å². The third-order valence-corrected chi connectivity index (χ3v) is 3.15. The minimum atomic E-state index is -0.275. The van der Waals surface area contributed by atoms with E-state index in [1.807, 2.05) is 24.0 Å². The Hall–Kier alpha value is -1.82. The molecular formula is C15H22N2O3S. The molecule has 0 unspecified atom stereocenters. The van der Waals surface area contributed by atoms with E-state index in [4.69, 9.17) is 27.4 Å². The lowest BCUT2D eigenvalue weighted by atomic mass is 10.1. The maximum Gasteiger partial charge on any atom is 0.325 e. The number of esters is 1. The molecule has 0 bridgehead atoms. The molecule has 1 rings (SSSR count). The molecule has 0 aliphatic heterocycles. The van der Waals surface area contributed by atoms with Gasteiger partial charge < -0.3 is 20.1 Å². The van der Waals surface area contributed by atoms with Crippen molar-refractivity contribution in [3.05, 3.63) is 23.8 Å². The molecule has 0 saturated heterocycles. The Balaban J connectivity index is 3.15. The predicted molar refractivity (Wildman–Crippen MR) is 88.0 cm³/mol. The van der Waals surface area contributed by atoms with Crippen LogP contribution in [-0.4, -0.2) is 37.8 Å². The third kappa shape index (κ3) is 4.90. The standard InChI is InChI=1S/C15H22N2O3S/c1-4-8-17(10-14(18)20-5-2)13-9-11(19-3)6-7-12(13)15(16)21/h6-7,9H,4-5,8,10H2,1-3H3,(H2,16,21). The van der Waals surface area contributed by atoms with Crippen LogP contribution < -0.4 is 15.4 Å². The number of ether oxygens (including phenoxy) is 2. The molecule has 0 atom stereocenters. The first-order valence-corrected chi connectivity index (χ1v) is 7.32. The third-order valence-electron chi connectivity index (χ3n) is 2.93. The molecule has 0 spiro atoms.